The Bertz CT molecular complexity index is 1070. The summed E-state index contributed by atoms with van der Waals surface area (Å²) in [6.07, 6.45) is 6.84. The number of anilines is 1. The Kier molecular flexibility index (Phi) is 5.49. The van der Waals surface area contributed by atoms with Crippen molar-refractivity contribution in [3.05, 3.63) is 35.0 Å². The van der Waals surface area contributed by atoms with Crippen molar-refractivity contribution < 1.29 is 4.79 Å². The number of nitrogens with zero attached hydrogens (tertiary/aromatic N) is 4. The van der Waals surface area contributed by atoms with Crippen molar-refractivity contribution in [3.63, 3.8) is 0 Å². The second-order valence-corrected chi connectivity index (χ2v) is 10.4. The van der Waals surface area contributed by atoms with Gasteiger partial charge in [0.15, 0.2) is 5.82 Å². The van der Waals surface area contributed by atoms with Crippen LogP contribution in [0.3, 0.4) is 0 Å². The van der Waals surface area contributed by atoms with Crippen LogP contribution < -0.4 is 10.2 Å². The van der Waals surface area contributed by atoms with E-state index in [1.54, 1.807) is 23.7 Å². The van der Waals surface area contributed by atoms with Gasteiger partial charge in [0.05, 0.1) is 11.9 Å². The SMILES string of the molecule is C[C@@H]1CCc2c(sc3nc(-c4cccnc4)nc(N(C)CC(=O)NC(C)(C)C)c23)C1. The van der Waals surface area contributed by atoms with E-state index in [0.29, 0.717) is 11.7 Å². The van der Waals surface area contributed by atoms with Crippen molar-refractivity contribution >= 4 is 33.3 Å². The number of aryl methyl sites for hydroxylation is 1. The zero-order chi connectivity index (χ0) is 21.5. The number of aromatic nitrogens is 3. The van der Waals surface area contributed by atoms with E-state index in [1.165, 1.54) is 16.9 Å². The van der Waals surface area contributed by atoms with Crippen LogP contribution in [0.4, 0.5) is 5.82 Å². The Balaban J connectivity index is 1.80. The minimum Gasteiger partial charge on any atom is -0.350 e. The quantitative estimate of drug-likeness (QED) is 0.680. The first-order valence-electron chi connectivity index (χ1n) is 10.5. The summed E-state index contributed by atoms with van der Waals surface area (Å²) in [7, 11) is 1.94. The molecule has 0 radical (unpaired) electrons. The van der Waals surface area contributed by atoms with Gasteiger partial charge >= 0.3 is 0 Å². The Hall–Kier alpha value is -2.54. The number of carbonyl (C=O) groups excluding carboxylic acids is 1. The molecule has 158 valence electrons. The Morgan fingerprint density at radius 3 is 2.83 bits per heavy atom. The van der Waals surface area contributed by atoms with Gasteiger partial charge in [-0.2, -0.15) is 0 Å². The lowest BCUT2D eigenvalue weighted by Gasteiger charge is -2.25. The summed E-state index contributed by atoms with van der Waals surface area (Å²) in [5.74, 6) is 2.16. The first-order valence-corrected chi connectivity index (χ1v) is 11.3. The van der Waals surface area contributed by atoms with Crippen molar-refractivity contribution in [1.29, 1.82) is 0 Å². The van der Waals surface area contributed by atoms with Gasteiger partial charge in [0, 0.05) is 35.4 Å². The molecule has 0 fully saturated rings. The molecule has 0 aliphatic heterocycles. The molecular formula is C23H29N5OS. The van der Waals surface area contributed by atoms with E-state index in [-0.39, 0.29) is 18.0 Å². The molecule has 3 heterocycles. The highest BCUT2D eigenvalue weighted by molar-refractivity contribution is 7.19. The third-order valence-electron chi connectivity index (χ3n) is 5.31. The highest BCUT2D eigenvalue weighted by atomic mass is 32.1. The van der Waals surface area contributed by atoms with Gasteiger partial charge < -0.3 is 10.2 Å². The normalized spacial score (nSPS) is 16.4. The minimum atomic E-state index is -0.266. The predicted octanol–water partition coefficient (Wildman–Crippen LogP) is 4.23. The van der Waals surface area contributed by atoms with E-state index in [1.807, 2.05) is 44.9 Å². The zero-order valence-electron chi connectivity index (χ0n) is 18.3. The van der Waals surface area contributed by atoms with Crippen molar-refractivity contribution in [2.75, 3.05) is 18.5 Å². The van der Waals surface area contributed by atoms with Crippen molar-refractivity contribution in [1.82, 2.24) is 20.3 Å². The fourth-order valence-corrected chi connectivity index (χ4v) is 5.35. The van der Waals surface area contributed by atoms with E-state index in [2.05, 4.69) is 17.2 Å². The van der Waals surface area contributed by atoms with Crippen molar-refractivity contribution in [2.45, 2.75) is 52.5 Å². The van der Waals surface area contributed by atoms with E-state index < -0.39 is 0 Å². The van der Waals surface area contributed by atoms with E-state index in [4.69, 9.17) is 9.97 Å². The number of rotatable bonds is 4. The fraction of sp³-hybridized carbons (Fsp3) is 0.478. The Labute approximate surface area is 181 Å². The summed E-state index contributed by atoms with van der Waals surface area (Å²) in [5, 5.41) is 4.16. The number of pyridine rings is 1. The van der Waals surface area contributed by atoms with Crippen LogP contribution >= 0.6 is 11.3 Å². The van der Waals surface area contributed by atoms with Crippen LogP contribution in [0.15, 0.2) is 24.5 Å². The minimum absolute atomic E-state index is 0.0163. The van der Waals surface area contributed by atoms with Crippen LogP contribution in [0.5, 0.6) is 0 Å². The molecule has 30 heavy (non-hydrogen) atoms. The van der Waals surface area contributed by atoms with Gasteiger partial charge in [-0.1, -0.05) is 6.92 Å². The molecule has 0 saturated heterocycles. The molecule has 7 heteroatoms. The maximum atomic E-state index is 12.6. The molecule has 1 aliphatic rings. The second-order valence-electron chi connectivity index (χ2n) is 9.30. The maximum Gasteiger partial charge on any atom is 0.239 e. The molecular weight excluding hydrogens is 394 g/mol. The smallest absolute Gasteiger partial charge is 0.239 e. The van der Waals surface area contributed by atoms with Crippen LogP contribution in [0.2, 0.25) is 0 Å². The number of thiophene rings is 1. The number of likely N-dealkylation sites (N-methyl/N-ethyl adjacent to an activating group) is 1. The summed E-state index contributed by atoms with van der Waals surface area (Å²) in [5.41, 5.74) is 1.98. The molecule has 1 amide bonds. The van der Waals surface area contributed by atoms with Crippen molar-refractivity contribution in [2.24, 2.45) is 5.92 Å². The highest BCUT2D eigenvalue weighted by Crippen LogP contribution is 2.41. The van der Waals surface area contributed by atoms with Crippen molar-refractivity contribution in [3.8, 4) is 11.4 Å². The Morgan fingerprint density at radius 2 is 2.13 bits per heavy atom. The number of nitrogens with one attached hydrogen (secondary N) is 1. The number of hydrogen-bond acceptors (Lipinski definition) is 6. The molecule has 0 aromatic carbocycles. The lowest BCUT2D eigenvalue weighted by molar-refractivity contribution is -0.121. The number of amides is 1. The van der Waals surface area contributed by atoms with Crippen LogP contribution in [-0.2, 0) is 17.6 Å². The first kappa shape index (κ1) is 20.7. The molecule has 6 nitrogen and oxygen atoms in total. The third-order valence-corrected chi connectivity index (χ3v) is 6.46. The summed E-state index contributed by atoms with van der Waals surface area (Å²) >= 11 is 1.77. The van der Waals surface area contributed by atoms with Gasteiger partial charge in [-0.25, -0.2) is 9.97 Å². The third kappa shape index (κ3) is 4.31. The molecule has 0 saturated carbocycles. The summed E-state index contributed by atoms with van der Waals surface area (Å²) in [6.45, 7) is 8.53. The van der Waals surface area contributed by atoms with Gasteiger partial charge in [0.25, 0.3) is 0 Å². The fourth-order valence-electron chi connectivity index (χ4n) is 3.97. The lowest BCUT2D eigenvalue weighted by Crippen LogP contribution is -2.45. The average Bonchev–Trinajstić information content (AvgIpc) is 3.03. The molecule has 0 bridgehead atoms. The van der Waals surface area contributed by atoms with Gasteiger partial charge in [-0.05, 0) is 63.6 Å². The molecule has 4 rings (SSSR count). The topological polar surface area (TPSA) is 71.0 Å². The van der Waals surface area contributed by atoms with Crippen LogP contribution in [0.1, 0.15) is 44.6 Å². The van der Waals surface area contributed by atoms with Gasteiger partial charge in [-0.15, -0.1) is 11.3 Å². The van der Waals surface area contributed by atoms with Crippen LogP contribution in [0, 0.1) is 5.92 Å². The van der Waals surface area contributed by atoms with Gasteiger partial charge in [0.1, 0.15) is 10.6 Å². The van der Waals surface area contributed by atoms with Crippen LogP contribution in [0.25, 0.3) is 21.6 Å². The van der Waals surface area contributed by atoms with Crippen LogP contribution in [-0.4, -0.2) is 40.0 Å². The van der Waals surface area contributed by atoms with E-state index >= 15 is 0 Å². The number of hydrogen-bond donors (Lipinski definition) is 1. The average molecular weight is 424 g/mol. The Morgan fingerprint density at radius 1 is 1.33 bits per heavy atom. The molecule has 1 atom stereocenters. The molecule has 3 aromatic rings. The van der Waals surface area contributed by atoms with E-state index in [0.717, 1.165) is 34.4 Å². The number of carbonyl (C=O) groups is 1. The summed E-state index contributed by atoms with van der Waals surface area (Å²) < 4.78 is 0. The summed E-state index contributed by atoms with van der Waals surface area (Å²) in [6, 6.07) is 3.87. The molecule has 1 aliphatic carbocycles. The van der Waals surface area contributed by atoms with E-state index in [9.17, 15) is 4.79 Å². The zero-order valence-corrected chi connectivity index (χ0v) is 19.1. The van der Waals surface area contributed by atoms with Gasteiger partial charge in [-0.3, -0.25) is 9.78 Å². The lowest BCUT2D eigenvalue weighted by atomic mass is 9.89. The maximum absolute atomic E-state index is 12.6. The van der Waals surface area contributed by atoms with Gasteiger partial charge in [0.2, 0.25) is 5.91 Å². The number of fused-ring (bicyclic) bond motifs is 3. The molecule has 0 spiro atoms. The standard InChI is InChI=1S/C23H29N5OS/c1-14-8-9-16-17(11-14)30-22-19(16)21(28(5)13-18(29)27-23(2,3)4)25-20(26-22)15-7-6-10-24-12-15/h6-7,10,12,14H,8-9,11,13H2,1-5H3,(H,27,29)/t14-/m1/s1. The molecule has 0 unspecified atom stereocenters. The molecule has 1 N–H and O–H groups in total. The highest BCUT2D eigenvalue weighted by Gasteiger charge is 2.26. The summed E-state index contributed by atoms with van der Waals surface area (Å²) in [4.78, 5) is 31.0. The molecule has 3 aromatic heterocycles. The largest absolute Gasteiger partial charge is 0.350 e. The monoisotopic (exact) mass is 423 g/mol. The second kappa shape index (κ2) is 7.95. The predicted molar refractivity (Wildman–Crippen MR) is 123 cm³/mol. The first-order chi connectivity index (χ1) is 14.2.